The summed E-state index contributed by atoms with van der Waals surface area (Å²) < 4.78 is 11.8. The molecule has 0 aliphatic rings. The lowest BCUT2D eigenvalue weighted by atomic mass is 10.2. The van der Waals surface area contributed by atoms with E-state index in [4.69, 9.17) is 15.7 Å². The Hall–Kier alpha value is -2.93. The number of nitrogens with zero attached hydrogens (tertiary/aromatic N) is 3. The van der Waals surface area contributed by atoms with Crippen molar-refractivity contribution >= 4 is 25.1 Å². The van der Waals surface area contributed by atoms with Crippen molar-refractivity contribution in [1.82, 2.24) is 0 Å². The molecule has 29 heavy (non-hydrogen) atoms. The van der Waals surface area contributed by atoms with E-state index in [9.17, 15) is 5.26 Å². The second kappa shape index (κ2) is 10.0. The van der Waals surface area contributed by atoms with Crippen LogP contribution in [0.2, 0.25) is 5.04 Å². The van der Waals surface area contributed by atoms with Gasteiger partial charge < -0.3 is 9.16 Å². The first-order valence-electron chi connectivity index (χ1n) is 9.59. The Labute approximate surface area is 174 Å². The van der Waals surface area contributed by atoms with Crippen molar-refractivity contribution in [2.24, 2.45) is 4.99 Å². The quantitative estimate of drug-likeness (QED) is 0.291. The highest BCUT2D eigenvalue weighted by atomic mass is 28.4. The molecule has 6 heteroatoms. The van der Waals surface area contributed by atoms with Gasteiger partial charge >= 0.3 is 6.23 Å². The van der Waals surface area contributed by atoms with Crippen LogP contribution in [-0.4, -0.2) is 33.6 Å². The minimum Gasteiger partial charge on any atom is -0.484 e. The summed E-state index contributed by atoms with van der Waals surface area (Å²) in [5.74, 6) is 0. The van der Waals surface area contributed by atoms with Crippen molar-refractivity contribution in [1.29, 1.82) is 5.26 Å². The van der Waals surface area contributed by atoms with Crippen LogP contribution in [0.15, 0.2) is 65.7 Å². The van der Waals surface area contributed by atoms with Gasteiger partial charge in [0.1, 0.15) is 6.07 Å². The molecule has 2 rings (SSSR count). The molecule has 0 fully saturated rings. The Kier molecular flexibility index (Phi) is 7.72. The third kappa shape index (κ3) is 4.92. The van der Waals surface area contributed by atoms with Crippen LogP contribution in [0, 0.1) is 17.9 Å². The van der Waals surface area contributed by atoms with Gasteiger partial charge in [-0.3, -0.25) is 4.85 Å². The van der Waals surface area contributed by atoms with Gasteiger partial charge in [0.25, 0.3) is 8.32 Å². The SMILES string of the molecule is [C-]#[N+][C@@H](O[Si](c1ccccc1)(c1ccccc1)C(C)(C)C)[C@H](C#N)N=COCC. The minimum absolute atomic E-state index is 0.289. The highest BCUT2D eigenvalue weighted by Gasteiger charge is 2.54. The standard InChI is InChI=1S/C23H27N3O2Si/c1-6-27-18-26-21(17-24)22(25-5)28-29(23(2,3)4,19-13-9-7-10-14-19)20-15-11-8-12-16-20/h7-16,18,21-22H,6H2,1-4H3/t21-,22-/m0/s1. The summed E-state index contributed by atoms with van der Waals surface area (Å²) in [6.45, 7) is 16.4. The maximum absolute atomic E-state index is 9.64. The zero-order chi connectivity index (χ0) is 21.3. The summed E-state index contributed by atoms with van der Waals surface area (Å²) in [6.07, 6.45) is 0.198. The van der Waals surface area contributed by atoms with Crippen molar-refractivity contribution in [3.63, 3.8) is 0 Å². The van der Waals surface area contributed by atoms with E-state index >= 15 is 0 Å². The van der Waals surface area contributed by atoms with Gasteiger partial charge in [-0.2, -0.15) is 5.26 Å². The van der Waals surface area contributed by atoms with Crippen molar-refractivity contribution < 1.29 is 9.16 Å². The number of aliphatic imine (C=N–C) groups is 1. The number of benzene rings is 2. The van der Waals surface area contributed by atoms with Crippen LogP contribution in [0.1, 0.15) is 27.7 Å². The third-order valence-electron chi connectivity index (χ3n) is 4.71. The van der Waals surface area contributed by atoms with Crippen molar-refractivity contribution in [2.75, 3.05) is 6.61 Å². The van der Waals surface area contributed by atoms with Crippen molar-refractivity contribution in [2.45, 2.75) is 45.0 Å². The molecule has 2 aromatic rings. The molecule has 2 atom stereocenters. The van der Waals surface area contributed by atoms with Crippen LogP contribution in [0.3, 0.4) is 0 Å². The molecular weight excluding hydrogens is 378 g/mol. The summed E-state index contributed by atoms with van der Waals surface area (Å²) in [5, 5.41) is 11.5. The Bertz CT molecular complexity index is 841. The Morgan fingerprint density at radius 3 is 2.00 bits per heavy atom. The number of nitriles is 1. The smallest absolute Gasteiger partial charge is 0.355 e. The van der Waals surface area contributed by atoms with E-state index in [1.807, 2.05) is 43.3 Å². The molecule has 0 aliphatic heterocycles. The lowest BCUT2D eigenvalue weighted by Gasteiger charge is -2.42. The van der Waals surface area contributed by atoms with Gasteiger partial charge in [-0.25, -0.2) is 11.6 Å². The van der Waals surface area contributed by atoms with Gasteiger partial charge in [-0.1, -0.05) is 81.4 Å². The molecule has 0 bridgehead atoms. The van der Waals surface area contributed by atoms with E-state index in [-0.39, 0.29) is 5.04 Å². The zero-order valence-electron chi connectivity index (χ0n) is 17.4. The number of rotatable bonds is 8. The second-order valence-electron chi connectivity index (χ2n) is 7.58. The van der Waals surface area contributed by atoms with Crippen molar-refractivity contribution in [3.8, 4) is 6.07 Å². The van der Waals surface area contributed by atoms with Crippen LogP contribution >= 0.6 is 0 Å². The molecule has 0 heterocycles. The third-order valence-corrected chi connectivity index (χ3v) is 9.71. The average Bonchev–Trinajstić information content (AvgIpc) is 2.73. The highest BCUT2D eigenvalue weighted by Crippen LogP contribution is 2.38. The molecule has 2 aromatic carbocycles. The maximum Gasteiger partial charge on any atom is 0.355 e. The predicted molar refractivity (Wildman–Crippen MR) is 119 cm³/mol. The molecule has 0 saturated carbocycles. The molecule has 0 spiro atoms. The van der Waals surface area contributed by atoms with Crippen LogP contribution in [0.4, 0.5) is 0 Å². The summed E-state index contributed by atoms with van der Waals surface area (Å²) in [5.41, 5.74) is 0. The van der Waals surface area contributed by atoms with Crippen LogP contribution in [0.5, 0.6) is 0 Å². The predicted octanol–water partition coefficient (Wildman–Crippen LogP) is 3.77. The van der Waals surface area contributed by atoms with Gasteiger partial charge in [0, 0.05) is 0 Å². The highest BCUT2D eigenvalue weighted by molar-refractivity contribution is 6.99. The largest absolute Gasteiger partial charge is 0.484 e. The van der Waals surface area contributed by atoms with E-state index in [1.165, 1.54) is 6.40 Å². The summed E-state index contributed by atoms with van der Waals surface area (Å²) in [7, 11) is -2.94. The van der Waals surface area contributed by atoms with E-state index in [0.29, 0.717) is 6.61 Å². The van der Waals surface area contributed by atoms with Gasteiger partial charge in [0.05, 0.1) is 6.61 Å². The minimum atomic E-state index is -2.94. The van der Waals surface area contributed by atoms with Gasteiger partial charge in [0.15, 0.2) is 6.40 Å². The summed E-state index contributed by atoms with van der Waals surface area (Å²) in [4.78, 5) is 7.79. The molecule has 0 N–H and O–H groups in total. The fraction of sp³-hybridized carbons (Fsp3) is 0.348. The first-order chi connectivity index (χ1) is 13.9. The molecule has 0 aliphatic carbocycles. The molecule has 150 valence electrons. The van der Waals surface area contributed by atoms with E-state index in [2.05, 4.69) is 60.9 Å². The molecule has 0 saturated heterocycles. The average molecular weight is 406 g/mol. The number of ether oxygens (including phenoxy) is 1. The summed E-state index contributed by atoms with van der Waals surface area (Å²) >= 11 is 0. The number of hydrogen-bond acceptors (Lipinski definition) is 4. The topological polar surface area (TPSA) is 59.0 Å². The van der Waals surface area contributed by atoms with E-state index in [1.54, 1.807) is 0 Å². The normalized spacial score (nSPS) is 14.0. The molecule has 0 amide bonds. The van der Waals surface area contributed by atoms with Crippen LogP contribution < -0.4 is 10.4 Å². The molecule has 0 radical (unpaired) electrons. The molecule has 0 aromatic heterocycles. The summed E-state index contributed by atoms with van der Waals surface area (Å²) in [6, 6.07) is 21.2. The Morgan fingerprint density at radius 1 is 1.10 bits per heavy atom. The molecule has 5 nitrogen and oxygen atoms in total. The molecular formula is C23H27N3O2Si. The fourth-order valence-corrected chi connectivity index (χ4v) is 7.95. The van der Waals surface area contributed by atoms with Crippen LogP contribution in [-0.2, 0) is 9.16 Å². The van der Waals surface area contributed by atoms with E-state index < -0.39 is 20.6 Å². The van der Waals surface area contributed by atoms with Gasteiger partial charge in [-0.05, 0) is 22.3 Å². The Morgan fingerprint density at radius 2 is 1.62 bits per heavy atom. The van der Waals surface area contributed by atoms with E-state index in [0.717, 1.165) is 10.4 Å². The first kappa shape index (κ1) is 22.4. The molecule has 0 unspecified atom stereocenters. The van der Waals surface area contributed by atoms with Crippen LogP contribution in [0.25, 0.3) is 4.85 Å². The monoisotopic (exact) mass is 405 g/mol. The second-order valence-corrected chi connectivity index (χ2v) is 11.8. The zero-order valence-corrected chi connectivity index (χ0v) is 18.4. The fourth-order valence-electron chi connectivity index (χ4n) is 3.39. The van der Waals surface area contributed by atoms with Gasteiger partial charge in [0.2, 0.25) is 6.04 Å². The Balaban J connectivity index is 2.64. The first-order valence-corrected chi connectivity index (χ1v) is 11.5. The lowest BCUT2D eigenvalue weighted by Crippen LogP contribution is -2.68. The number of hydrogen-bond donors (Lipinski definition) is 0. The maximum atomic E-state index is 9.64. The van der Waals surface area contributed by atoms with Gasteiger partial charge in [-0.15, -0.1) is 0 Å². The van der Waals surface area contributed by atoms with Crippen molar-refractivity contribution in [3.05, 3.63) is 72.1 Å². The lowest BCUT2D eigenvalue weighted by molar-refractivity contribution is 0.217.